The molecule has 0 bridgehead atoms. The summed E-state index contributed by atoms with van der Waals surface area (Å²) in [6.45, 7) is 6.09. The largest absolute Gasteiger partial charge is 0.304 e. The highest BCUT2D eigenvalue weighted by atomic mass is 19.1. The molecule has 0 amide bonds. The van der Waals surface area contributed by atoms with Crippen LogP contribution in [0.5, 0.6) is 0 Å². The van der Waals surface area contributed by atoms with Gasteiger partial charge in [0, 0.05) is 5.41 Å². The smallest absolute Gasteiger partial charge is 0.126 e. The van der Waals surface area contributed by atoms with E-state index < -0.39 is 0 Å². The van der Waals surface area contributed by atoms with Crippen LogP contribution in [0.15, 0.2) is 18.2 Å². The third kappa shape index (κ3) is 2.11. The molecule has 0 unspecified atom stereocenters. The van der Waals surface area contributed by atoms with Gasteiger partial charge in [0.05, 0.1) is 6.61 Å². The molecule has 14 heavy (non-hydrogen) atoms. The molecule has 1 rings (SSSR count). The van der Waals surface area contributed by atoms with Crippen LogP contribution >= 0.6 is 0 Å². The molecule has 0 saturated carbocycles. The van der Waals surface area contributed by atoms with Gasteiger partial charge in [0.2, 0.25) is 0 Å². The minimum Gasteiger partial charge on any atom is -0.304 e. The van der Waals surface area contributed by atoms with Crippen molar-refractivity contribution in [3.8, 4) is 0 Å². The molecule has 0 spiro atoms. The molecule has 3 heteroatoms. The quantitative estimate of drug-likeness (QED) is 0.754. The zero-order valence-electron chi connectivity index (χ0n) is 8.80. The van der Waals surface area contributed by atoms with Crippen LogP contribution in [-0.4, -0.2) is 6.61 Å². The highest BCUT2D eigenvalue weighted by Gasteiger charge is 2.23. The summed E-state index contributed by atoms with van der Waals surface area (Å²) >= 11 is 0. The molecule has 0 heterocycles. The van der Waals surface area contributed by atoms with Gasteiger partial charge in [-0.1, -0.05) is 26.0 Å². The van der Waals surface area contributed by atoms with Gasteiger partial charge in [-0.25, -0.2) is 10.3 Å². The van der Waals surface area contributed by atoms with Gasteiger partial charge in [-0.3, -0.25) is 0 Å². The zero-order chi connectivity index (χ0) is 10.8. The second-order valence-electron chi connectivity index (χ2n) is 4.11. The van der Waals surface area contributed by atoms with Gasteiger partial charge in [-0.2, -0.15) is 0 Å². The Morgan fingerprint density at radius 1 is 1.43 bits per heavy atom. The summed E-state index contributed by atoms with van der Waals surface area (Å²) in [5.41, 5.74) is 1.33. The predicted molar refractivity (Wildman–Crippen MR) is 54.3 cm³/mol. The maximum absolute atomic E-state index is 13.3. The highest BCUT2D eigenvalue weighted by molar-refractivity contribution is 5.33. The summed E-state index contributed by atoms with van der Waals surface area (Å²) in [7, 11) is 0. The van der Waals surface area contributed by atoms with Crippen LogP contribution in [0, 0.1) is 12.7 Å². The van der Waals surface area contributed by atoms with E-state index in [0.29, 0.717) is 12.2 Å². The van der Waals surface area contributed by atoms with Gasteiger partial charge < -0.3 is 4.84 Å². The molecule has 0 aliphatic heterocycles. The van der Waals surface area contributed by atoms with Crippen LogP contribution in [0.3, 0.4) is 0 Å². The third-order valence-corrected chi connectivity index (χ3v) is 2.44. The Morgan fingerprint density at radius 2 is 2.07 bits per heavy atom. The fourth-order valence-corrected chi connectivity index (χ4v) is 1.63. The van der Waals surface area contributed by atoms with Gasteiger partial charge >= 0.3 is 0 Å². The summed E-state index contributed by atoms with van der Waals surface area (Å²) in [4.78, 5) is 4.63. The molecule has 0 aromatic heterocycles. The first kappa shape index (κ1) is 11.1. The number of benzene rings is 1. The van der Waals surface area contributed by atoms with E-state index in [-0.39, 0.29) is 11.2 Å². The Hall–Kier alpha value is -0.930. The molecule has 0 atom stereocenters. The van der Waals surface area contributed by atoms with Crippen molar-refractivity contribution in [1.29, 1.82) is 0 Å². The van der Waals surface area contributed by atoms with Crippen molar-refractivity contribution in [3.05, 3.63) is 35.1 Å². The van der Waals surface area contributed by atoms with Gasteiger partial charge in [0.15, 0.2) is 0 Å². The molecule has 1 aromatic rings. The van der Waals surface area contributed by atoms with Crippen LogP contribution in [0.4, 0.5) is 4.39 Å². The SMILES string of the molecule is Cc1c(F)cccc1C(C)(C)CON. The topological polar surface area (TPSA) is 35.2 Å². The minimum absolute atomic E-state index is 0.187. The average molecular weight is 197 g/mol. The van der Waals surface area contributed by atoms with Crippen LogP contribution in [0.2, 0.25) is 0 Å². The van der Waals surface area contributed by atoms with Crippen molar-refractivity contribution < 1.29 is 9.23 Å². The number of hydrogen-bond acceptors (Lipinski definition) is 2. The van der Waals surface area contributed by atoms with E-state index in [4.69, 9.17) is 5.90 Å². The lowest BCUT2D eigenvalue weighted by molar-refractivity contribution is 0.0961. The first-order chi connectivity index (χ1) is 6.49. The Bertz CT molecular complexity index is 323. The summed E-state index contributed by atoms with van der Waals surface area (Å²) in [5, 5.41) is 0. The first-order valence-corrected chi connectivity index (χ1v) is 4.56. The van der Waals surface area contributed by atoms with Crippen molar-refractivity contribution >= 4 is 0 Å². The number of hydrogen-bond donors (Lipinski definition) is 1. The van der Waals surface area contributed by atoms with Crippen molar-refractivity contribution in [2.45, 2.75) is 26.2 Å². The maximum atomic E-state index is 13.3. The molecule has 2 N–H and O–H groups in total. The van der Waals surface area contributed by atoms with E-state index in [1.54, 1.807) is 13.0 Å². The monoisotopic (exact) mass is 197 g/mol. The number of rotatable bonds is 3. The van der Waals surface area contributed by atoms with Crippen molar-refractivity contribution in [2.75, 3.05) is 6.61 Å². The van der Waals surface area contributed by atoms with Crippen LogP contribution in [0.1, 0.15) is 25.0 Å². The van der Waals surface area contributed by atoms with Crippen LogP contribution < -0.4 is 5.90 Å². The Morgan fingerprint density at radius 3 is 2.64 bits per heavy atom. The lowest BCUT2D eigenvalue weighted by atomic mass is 9.83. The third-order valence-electron chi connectivity index (χ3n) is 2.44. The van der Waals surface area contributed by atoms with Gasteiger partial charge in [-0.15, -0.1) is 0 Å². The summed E-state index contributed by atoms with van der Waals surface area (Å²) in [6.07, 6.45) is 0. The normalized spacial score (nSPS) is 11.8. The molecule has 0 radical (unpaired) electrons. The molecular formula is C11H16FNO. The Kier molecular flexibility index (Phi) is 3.24. The predicted octanol–water partition coefficient (Wildman–Crippen LogP) is 2.30. The van der Waals surface area contributed by atoms with Gasteiger partial charge in [0.1, 0.15) is 5.82 Å². The lowest BCUT2D eigenvalue weighted by Gasteiger charge is -2.25. The van der Waals surface area contributed by atoms with Crippen molar-refractivity contribution in [2.24, 2.45) is 5.90 Å². The molecule has 1 aromatic carbocycles. The fraction of sp³-hybridized carbons (Fsp3) is 0.455. The van der Waals surface area contributed by atoms with E-state index in [0.717, 1.165) is 5.56 Å². The Balaban J connectivity index is 3.12. The summed E-state index contributed by atoms with van der Waals surface area (Å²) in [6, 6.07) is 5.06. The fourth-order valence-electron chi connectivity index (χ4n) is 1.63. The minimum atomic E-state index is -0.263. The second kappa shape index (κ2) is 4.07. The number of halogens is 1. The van der Waals surface area contributed by atoms with E-state index >= 15 is 0 Å². The Labute approximate surface area is 83.8 Å². The van der Waals surface area contributed by atoms with E-state index in [1.807, 2.05) is 19.9 Å². The molecule has 0 aliphatic carbocycles. The van der Waals surface area contributed by atoms with Gasteiger partial charge in [-0.05, 0) is 24.1 Å². The van der Waals surface area contributed by atoms with Gasteiger partial charge in [0.25, 0.3) is 0 Å². The zero-order valence-corrected chi connectivity index (χ0v) is 8.80. The van der Waals surface area contributed by atoms with Crippen molar-refractivity contribution in [3.63, 3.8) is 0 Å². The first-order valence-electron chi connectivity index (χ1n) is 4.56. The molecule has 0 saturated heterocycles. The van der Waals surface area contributed by atoms with E-state index in [1.165, 1.54) is 6.07 Å². The molecule has 0 fully saturated rings. The maximum Gasteiger partial charge on any atom is 0.126 e. The molecular weight excluding hydrogens is 181 g/mol. The van der Waals surface area contributed by atoms with Crippen LogP contribution in [-0.2, 0) is 10.3 Å². The lowest BCUT2D eigenvalue weighted by Crippen LogP contribution is -2.27. The molecule has 0 aliphatic rings. The highest BCUT2D eigenvalue weighted by Crippen LogP contribution is 2.27. The standard InChI is InChI=1S/C11H16FNO/c1-8-9(5-4-6-10(8)12)11(2,3)7-14-13/h4-6H,7,13H2,1-3H3. The van der Waals surface area contributed by atoms with Crippen molar-refractivity contribution in [1.82, 2.24) is 0 Å². The summed E-state index contributed by atoms with van der Waals surface area (Å²) < 4.78 is 13.3. The average Bonchev–Trinajstić information content (AvgIpc) is 2.09. The van der Waals surface area contributed by atoms with E-state index in [2.05, 4.69) is 4.84 Å². The second-order valence-corrected chi connectivity index (χ2v) is 4.11. The number of nitrogens with two attached hydrogens (primary N) is 1. The van der Waals surface area contributed by atoms with E-state index in [9.17, 15) is 4.39 Å². The summed E-state index contributed by atoms with van der Waals surface area (Å²) in [5.74, 6) is 4.86. The molecule has 78 valence electrons. The van der Waals surface area contributed by atoms with Crippen LogP contribution in [0.25, 0.3) is 0 Å². The molecule has 2 nitrogen and oxygen atoms in total.